The third kappa shape index (κ3) is 6.74. The Hall–Kier alpha value is -5.00. The van der Waals surface area contributed by atoms with Gasteiger partial charge >= 0.3 is 17.9 Å². The number of rotatable bonds is 9. The molecule has 2 heterocycles. The molecule has 5 atom stereocenters. The average molecular weight is 586 g/mol. The molecule has 5 rings (SSSR count). The second kappa shape index (κ2) is 13.3. The number of amidine groups is 1. The van der Waals surface area contributed by atoms with Crippen LogP contribution in [0.25, 0.3) is 0 Å². The third-order valence-corrected chi connectivity index (χ3v) is 7.01. The first kappa shape index (κ1) is 29.5. The molecular weight excluding hydrogens is 554 g/mol. The van der Waals surface area contributed by atoms with Crippen molar-refractivity contribution in [2.45, 2.75) is 44.2 Å². The van der Waals surface area contributed by atoms with Crippen molar-refractivity contribution in [2.24, 2.45) is 10.7 Å². The summed E-state index contributed by atoms with van der Waals surface area (Å²) in [4.78, 5) is 44.8. The Kier molecular flexibility index (Phi) is 9.14. The molecule has 0 aromatic heterocycles. The first-order valence-corrected chi connectivity index (χ1v) is 13.7. The number of carbonyl (C=O) groups excluding carboxylic acids is 3. The minimum Gasteiger partial charge on any atom is -0.459 e. The van der Waals surface area contributed by atoms with E-state index in [2.05, 4.69) is 4.99 Å². The fourth-order valence-electron chi connectivity index (χ4n) is 4.76. The van der Waals surface area contributed by atoms with Crippen LogP contribution in [0.5, 0.6) is 0 Å². The summed E-state index contributed by atoms with van der Waals surface area (Å²) in [6, 6.07) is 24.9. The van der Waals surface area contributed by atoms with Crippen molar-refractivity contribution in [2.75, 3.05) is 6.61 Å². The van der Waals surface area contributed by atoms with E-state index >= 15 is 0 Å². The molecule has 11 nitrogen and oxygen atoms in total. The number of carbonyl (C=O) groups is 3. The van der Waals surface area contributed by atoms with Gasteiger partial charge in [-0.3, -0.25) is 0 Å². The summed E-state index contributed by atoms with van der Waals surface area (Å²) in [7, 11) is 0. The Morgan fingerprint density at radius 1 is 0.814 bits per heavy atom. The van der Waals surface area contributed by atoms with Gasteiger partial charge in [0.15, 0.2) is 18.4 Å². The van der Waals surface area contributed by atoms with Gasteiger partial charge < -0.3 is 34.7 Å². The normalized spacial score (nSPS) is 23.1. The number of aliphatic imine (C=N–C) groups is 1. The van der Waals surface area contributed by atoms with E-state index in [4.69, 9.17) is 24.7 Å². The van der Waals surface area contributed by atoms with E-state index in [1.807, 2.05) is 6.92 Å². The molecule has 11 heteroatoms. The second-order valence-electron chi connectivity index (χ2n) is 9.82. The van der Waals surface area contributed by atoms with E-state index in [0.717, 1.165) is 0 Å². The van der Waals surface area contributed by atoms with E-state index in [-0.39, 0.29) is 23.6 Å². The van der Waals surface area contributed by atoms with Gasteiger partial charge in [-0.25, -0.2) is 19.4 Å². The molecule has 3 aromatic rings. The molecule has 222 valence electrons. The van der Waals surface area contributed by atoms with E-state index in [1.54, 1.807) is 97.2 Å². The number of aliphatic hydroxyl groups is 1. The van der Waals surface area contributed by atoms with Gasteiger partial charge in [-0.05, 0) is 42.8 Å². The Morgan fingerprint density at radius 3 is 1.81 bits per heavy atom. The molecule has 3 aromatic carbocycles. The fourth-order valence-corrected chi connectivity index (χ4v) is 4.76. The molecule has 0 bridgehead atoms. The van der Waals surface area contributed by atoms with Crippen LogP contribution in [0, 0.1) is 0 Å². The highest BCUT2D eigenvalue weighted by Crippen LogP contribution is 2.33. The number of nitrogens with two attached hydrogens (primary N) is 1. The molecule has 5 unspecified atom stereocenters. The van der Waals surface area contributed by atoms with Crippen molar-refractivity contribution >= 4 is 23.7 Å². The van der Waals surface area contributed by atoms with Gasteiger partial charge in [-0.1, -0.05) is 61.5 Å². The lowest BCUT2D eigenvalue weighted by atomic mass is 10.1. The second-order valence-corrected chi connectivity index (χ2v) is 9.82. The van der Waals surface area contributed by atoms with Crippen LogP contribution in [0.2, 0.25) is 0 Å². The van der Waals surface area contributed by atoms with Gasteiger partial charge in [0.1, 0.15) is 18.5 Å². The first-order chi connectivity index (χ1) is 20.9. The molecule has 1 fully saturated rings. The van der Waals surface area contributed by atoms with Crippen molar-refractivity contribution in [3.63, 3.8) is 0 Å². The summed E-state index contributed by atoms with van der Waals surface area (Å²) < 4.78 is 23.7. The number of esters is 3. The highest BCUT2D eigenvalue weighted by Gasteiger charge is 2.53. The summed E-state index contributed by atoms with van der Waals surface area (Å²) in [6.45, 7) is 1.51. The zero-order chi connectivity index (χ0) is 30.3. The SMILES string of the molecule is CCC1=CN(C2OC(COC(=O)c3ccccc3)C(OC(=O)c3ccccc3)C2OC(=O)c2ccccc2)C(O)N=C1N. The summed E-state index contributed by atoms with van der Waals surface area (Å²) in [6.07, 6.45) is -4.25. The minimum absolute atomic E-state index is 0.155. The molecule has 0 aliphatic carbocycles. The molecular formula is C32H31N3O8. The Balaban J connectivity index is 1.49. The highest BCUT2D eigenvalue weighted by molar-refractivity contribution is 5.97. The smallest absolute Gasteiger partial charge is 0.338 e. The van der Waals surface area contributed by atoms with Crippen LogP contribution in [0.4, 0.5) is 0 Å². The predicted octanol–water partition coefficient (Wildman–Crippen LogP) is 3.26. The lowest BCUT2D eigenvalue weighted by molar-refractivity contribution is -0.132. The fraction of sp³-hybridized carbons (Fsp3) is 0.250. The Labute approximate surface area is 248 Å². The van der Waals surface area contributed by atoms with E-state index < -0.39 is 48.8 Å². The number of benzene rings is 3. The third-order valence-electron chi connectivity index (χ3n) is 7.01. The van der Waals surface area contributed by atoms with Crippen molar-refractivity contribution in [1.82, 2.24) is 4.90 Å². The largest absolute Gasteiger partial charge is 0.459 e. The summed E-state index contributed by atoms with van der Waals surface area (Å²) in [5.41, 5.74) is 7.42. The maximum atomic E-state index is 13.3. The first-order valence-electron chi connectivity index (χ1n) is 13.7. The van der Waals surface area contributed by atoms with Gasteiger partial charge in [0.05, 0.1) is 16.7 Å². The standard InChI is InChI=1S/C32H31N3O8/c1-2-20-18-35(32(39)34-27(20)33)28-26(43-31(38)23-16-10-5-11-17-23)25(42-30(37)22-14-8-4-9-15-22)24(41-28)19-40-29(36)21-12-6-3-7-13-21/h3-18,24-26,28,32,39H,2,19H2,1H3,(H2,33,34). The highest BCUT2D eigenvalue weighted by atomic mass is 16.7. The maximum Gasteiger partial charge on any atom is 0.338 e. The molecule has 43 heavy (non-hydrogen) atoms. The molecule has 0 amide bonds. The molecule has 0 saturated carbocycles. The van der Waals surface area contributed by atoms with Gasteiger partial charge in [0.2, 0.25) is 6.35 Å². The number of aliphatic hydroxyl groups excluding tert-OH is 1. The zero-order valence-electron chi connectivity index (χ0n) is 23.3. The number of ether oxygens (including phenoxy) is 4. The van der Waals surface area contributed by atoms with Crippen LogP contribution in [0.15, 0.2) is 108 Å². The quantitative estimate of drug-likeness (QED) is 0.283. The van der Waals surface area contributed by atoms with Crippen LogP contribution < -0.4 is 5.73 Å². The molecule has 1 saturated heterocycles. The van der Waals surface area contributed by atoms with Crippen LogP contribution in [0.1, 0.15) is 44.4 Å². The van der Waals surface area contributed by atoms with Crippen LogP contribution >= 0.6 is 0 Å². The van der Waals surface area contributed by atoms with Crippen molar-refractivity contribution in [1.29, 1.82) is 0 Å². The lowest BCUT2D eigenvalue weighted by Gasteiger charge is -2.35. The van der Waals surface area contributed by atoms with E-state index in [1.165, 1.54) is 4.90 Å². The van der Waals surface area contributed by atoms with Crippen LogP contribution in [-0.2, 0) is 18.9 Å². The molecule has 0 spiro atoms. The molecule has 2 aliphatic heterocycles. The van der Waals surface area contributed by atoms with Crippen LogP contribution in [-0.4, -0.2) is 71.2 Å². The predicted molar refractivity (Wildman–Crippen MR) is 155 cm³/mol. The topological polar surface area (TPSA) is 150 Å². The van der Waals surface area contributed by atoms with Gasteiger partial charge in [-0.15, -0.1) is 0 Å². The van der Waals surface area contributed by atoms with Crippen molar-refractivity contribution < 1.29 is 38.4 Å². The van der Waals surface area contributed by atoms with Crippen molar-refractivity contribution in [3.8, 4) is 0 Å². The van der Waals surface area contributed by atoms with Gasteiger partial charge in [0.25, 0.3) is 0 Å². The Bertz CT molecular complexity index is 1500. The van der Waals surface area contributed by atoms with Crippen molar-refractivity contribution in [3.05, 3.63) is 119 Å². The van der Waals surface area contributed by atoms with Crippen LogP contribution in [0.3, 0.4) is 0 Å². The summed E-state index contributed by atoms with van der Waals surface area (Å²) in [5, 5.41) is 10.9. The van der Waals surface area contributed by atoms with Gasteiger partial charge in [-0.2, -0.15) is 0 Å². The number of hydrogen-bond donors (Lipinski definition) is 2. The average Bonchev–Trinajstić information content (AvgIpc) is 3.36. The van der Waals surface area contributed by atoms with E-state index in [0.29, 0.717) is 17.6 Å². The molecule has 3 N–H and O–H groups in total. The Morgan fingerprint density at radius 2 is 1.30 bits per heavy atom. The number of nitrogens with zero attached hydrogens (tertiary/aromatic N) is 2. The zero-order valence-corrected chi connectivity index (χ0v) is 23.3. The summed E-state index contributed by atoms with van der Waals surface area (Å²) >= 11 is 0. The molecule has 0 radical (unpaired) electrons. The lowest BCUT2D eigenvalue weighted by Crippen LogP contribution is -2.50. The minimum atomic E-state index is -1.49. The van der Waals surface area contributed by atoms with Gasteiger partial charge in [0, 0.05) is 11.8 Å². The summed E-state index contributed by atoms with van der Waals surface area (Å²) in [5.74, 6) is -1.89. The number of hydrogen-bond acceptors (Lipinski definition) is 11. The van der Waals surface area contributed by atoms with E-state index in [9.17, 15) is 19.5 Å². The maximum absolute atomic E-state index is 13.3. The monoisotopic (exact) mass is 585 g/mol. The molecule has 2 aliphatic rings.